The molecule has 380 valence electrons. The van der Waals surface area contributed by atoms with Crippen LogP contribution < -0.4 is 24.3 Å². The summed E-state index contributed by atoms with van der Waals surface area (Å²) in [5.41, 5.74) is 3.04. The van der Waals surface area contributed by atoms with E-state index in [1.165, 1.54) is 30.0 Å². The van der Waals surface area contributed by atoms with Crippen LogP contribution in [0.2, 0.25) is 10.0 Å². The molecule has 10 rings (SSSR count). The average molecular weight is 1050 g/mol. The van der Waals surface area contributed by atoms with E-state index in [1.807, 2.05) is 36.4 Å². The minimum atomic E-state index is -3.13. The van der Waals surface area contributed by atoms with E-state index in [1.54, 1.807) is 47.4 Å². The number of alkyl carbamates (subject to hydrolysis) is 1. The van der Waals surface area contributed by atoms with E-state index in [-0.39, 0.29) is 70.9 Å². The molecule has 20 heteroatoms. The van der Waals surface area contributed by atoms with Gasteiger partial charge in [-0.25, -0.2) is 14.4 Å². The monoisotopic (exact) mass is 1050 g/mol. The van der Waals surface area contributed by atoms with Crippen molar-refractivity contribution in [2.45, 2.75) is 68.2 Å². The van der Waals surface area contributed by atoms with Gasteiger partial charge in [0.1, 0.15) is 21.9 Å². The van der Waals surface area contributed by atoms with Crippen LogP contribution in [-0.4, -0.2) is 101 Å². The Morgan fingerprint density at radius 2 is 1.60 bits per heavy atom. The van der Waals surface area contributed by atoms with Crippen molar-refractivity contribution in [2.24, 2.45) is 11.8 Å². The van der Waals surface area contributed by atoms with E-state index in [4.69, 9.17) is 52.1 Å². The molecule has 5 fully saturated rings. The number of halogens is 4. The van der Waals surface area contributed by atoms with Gasteiger partial charge in [-0.1, -0.05) is 83.9 Å². The fourth-order valence-electron chi connectivity index (χ4n) is 9.66. The molecule has 5 heterocycles. The summed E-state index contributed by atoms with van der Waals surface area (Å²) in [6, 6.07) is 26.9. The summed E-state index contributed by atoms with van der Waals surface area (Å²) < 4.78 is 50.4. The highest BCUT2D eigenvalue weighted by atomic mass is 35.5. The van der Waals surface area contributed by atoms with Gasteiger partial charge in [0.2, 0.25) is 0 Å². The van der Waals surface area contributed by atoms with Crippen LogP contribution in [0, 0.1) is 17.0 Å². The number of nitrogens with one attached hydrogen (secondary N) is 1. The number of pyridine rings is 1. The van der Waals surface area contributed by atoms with E-state index in [0.717, 1.165) is 63.3 Å². The number of piperidine rings is 3. The third-order valence-electron chi connectivity index (χ3n) is 13.3. The summed E-state index contributed by atoms with van der Waals surface area (Å²) >= 11 is 14.4. The normalized spacial score (nSPS) is 21.2. The number of rotatable bonds is 18. The van der Waals surface area contributed by atoms with Crippen molar-refractivity contribution >= 4 is 59.5 Å². The Bertz CT molecular complexity index is 2710. The predicted octanol–water partition coefficient (Wildman–Crippen LogP) is 9.20. The van der Waals surface area contributed by atoms with Crippen molar-refractivity contribution < 1.29 is 61.8 Å². The first kappa shape index (κ1) is 52.2. The van der Waals surface area contributed by atoms with Crippen LogP contribution >= 0.6 is 35.0 Å². The Morgan fingerprint density at radius 1 is 0.889 bits per heavy atom. The van der Waals surface area contributed by atoms with Gasteiger partial charge in [-0.05, 0) is 116 Å². The summed E-state index contributed by atoms with van der Waals surface area (Å²) in [5.74, 6) is -1.72. The number of amides is 1. The summed E-state index contributed by atoms with van der Waals surface area (Å²) in [4.78, 5) is 52.1. The summed E-state index contributed by atoms with van der Waals surface area (Å²) in [5, 5.41) is 33.6. The number of alkyl halides is 2. The number of aromatic nitrogens is 1. The van der Waals surface area contributed by atoms with Gasteiger partial charge < -0.3 is 39.7 Å². The van der Waals surface area contributed by atoms with Gasteiger partial charge >= 0.3 is 24.6 Å². The number of carbonyl (C=O) groups excluding carboxylic acids is 2. The maximum Gasteiger partial charge on any atom is 0.408 e. The molecule has 1 saturated carbocycles. The number of ether oxygens (including phenoxy) is 4. The fraction of sp³-hybridized carbons (Fsp3) is 0.365. The number of carboxylic acids is 1. The van der Waals surface area contributed by atoms with E-state index >= 15 is 0 Å². The van der Waals surface area contributed by atoms with E-state index in [0.29, 0.717) is 45.2 Å². The predicted molar refractivity (Wildman–Crippen MR) is 264 cm³/mol. The van der Waals surface area contributed by atoms with Crippen molar-refractivity contribution in [3.8, 4) is 17.2 Å². The zero-order chi connectivity index (χ0) is 50.9. The lowest BCUT2D eigenvalue weighted by atomic mass is 9.84. The Labute approximate surface area is 428 Å². The summed E-state index contributed by atoms with van der Waals surface area (Å²) in [6.45, 7) is 0.0247. The lowest BCUT2D eigenvalue weighted by molar-refractivity contribution is -0.605. The second kappa shape index (κ2) is 23.6. The van der Waals surface area contributed by atoms with Gasteiger partial charge in [0, 0.05) is 36.9 Å². The van der Waals surface area contributed by atoms with Gasteiger partial charge in [0.25, 0.3) is 6.47 Å². The molecular weight excluding hydrogens is 998 g/mol. The van der Waals surface area contributed by atoms with Crippen LogP contribution in [0.15, 0.2) is 109 Å². The maximum atomic E-state index is 14.0. The second-order valence-electron chi connectivity index (χ2n) is 18.0. The van der Waals surface area contributed by atoms with E-state index in [9.17, 15) is 33.5 Å². The van der Waals surface area contributed by atoms with Crippen LogP contribution in [0.1, 0.15) is 75.8 Å². The van der Waals surface area contributed by atoms with Gasteiger partial charge in [0.15, 0.2) is 28.8 Å². The molecule has 1 aromatic heterocycles. The molecule has 4 saturated heterocycles. The molecule has 72 heavy (non-hydrogen) atoms. The molecule has 0 spiro atoms. The van der Waals surface area contributed by atoms with Crippen LogP contribution in [0.4, 0.5) is 13.6 Å². The summed E-state index contributed by atoms with van der Waals surface area (Å²) in [7, 11) is 0. The molecular formula is C52H52Cl2F2N4O11S. The smallest absolute Gasteiger partial charge is 0.408 e. The fourth-order valence-corrected chi connectivity index (χ4v) is 11.8. The number of esters is 1. The average Bonchev–Trinajstić information content (AvgIpc) is 4.11. The van der Waals surface area contributed by atoms with Crippen LogP contribution in [0.5, 0.6) is 17.2 Å². The highest BCUT2D eigenvalue weighted by molar-refractivity contribution is 8.01. The first-order chi connectivity index (χ1) is 34.7. The molecule has 3 N–H and O–H groups in total. The standard InChI is InChI=1S/C51H50Cl2F2N4O9S.CH2O2/c52-41-27-59(64)28-42(53)39(41)25-40(35-14-15-43(67-49(54)55)44(24-35)65-30-31-12-13-31)51(48(61)62)58(20-21-69-51)26-32-6-4-10-37(22-32)47(60)66-38-11-5-9-36(23-38)46(34-7-2-1-3-8-34)56-50(63)68-45-29-57-18-16-33(45)17-19-57;2-1-3/h1-11,14-15,22-24,27-28,31,33,40,45-46,49H,12-13,16-21,25-26,29-30H2,(H,56,63)(H,61,62);1H,(H,2,3)/t40-,45-,46-,51-;/m0./s1. The molecule has 2 bridgehead atoms. The number of benzene rings is 4. The quantitative estimate of drug-likeness (QED) is 0.0247. The Balaban J connectivity index is 0.00000226. The van der Waals surface area contributed by atoms with Crippen LogP contribution in [0.3, 0.4) is 0 Å². The number of carbonyl (C=O) groups is 4. The highest BCUT2D eigenvalue weighted by Crippen LogP contribution is 2.51. The number of aliphatic carboxylic acids is 1. The lowest BCUT2D eigenvalue weighted by Gasteiger charge is -2.43. The van der Waals surface area contributed by atoms with Crippen molar-refractivity contribution in [1.82, 2.24) is 15.1 Å². The maximum absolute atomic E-state index is 14.0. The minimum absolute atomic E-state index is 0.0196. The number of hydrogen-bond donors (Lipinski definition) is 3. The first-order valence-electron chi connectivity index (χ1n) is 23.4. The van der Waals surface area contributed by atoms with Crippen molar-refractivity contribution in [1.29, 1.82) is 0 Å². The third kappa shape index (κ3) is 12.5. The number of thioether (sulfide) groups is 1. The lowest BCUT2D eigenvalue weighted by Crippen LogP contribution is -2.53. The van der Waals surface area contributed by atoms with Gasteiger partial charge in [-0.3, -0.25) is 14.6 Å². The van der Waals surface area contributed by atoms with Gasteiger partial charge in [-0.15, -0.1) is 11.8 Å². The zero-order valence-electron chi connectivity index (χ0n) is 38.7. The number of hydrogen-bond acceptors (Lipinski definition) is 12. The molecule has 5 aromatic rings. The van der Waals surface area contributed by atoms with Crippen molar-refractivity contribution in [3.63, 3.8) is 0 Å². The number of carboxylic acid groups (broad SMARTS) is 2. The molecule has 5 aliphatic rings. The number of nitrogens with zero attached hydrogens (tertiary/aromatic N) is 3. The molecule has 4 aliphatic heterocycles. The molecule has 15 nitrogen and oxygen atoms in total. The van der Waals surface area contributed by atoms with Crippen molar-refractivity contribution in [2.75, 3.05) is 38.5 Å². The van der Waals surface area contributed by atoms with Crippen LogP contribution in [-0.2, 0) is 27.3 Å². The number of fused-ring (bicyclic) bond motifs is 3. The minimum Gasteiger partial charge on any atom is -0.619 e. The Hall–Kier alpha value is -6.18. The topological polar surface area (TPSA) is 191 Å². The first-order valence-corrected chi connectivity index (χ1v) is 25.1. The molecule has 4 atom stereocenters. The Kier molecular flexibility index (Phi) is 17.1. The summed E-state index contributed by atoms with van der Waals surface area (Å²) in [6.07, 6.45) is 5.35. The van der Waals surface area contributed by atoms with E-state index < -0.39 is 41.5 Å². The molecule has 4 aromatic carbocycles. The van der Waals surface area contributed by atoms with Crippen LogP contribution in [0.25, 0.3) is 0 Å². The third-order valence-corrected chi connectivity index (χ3v) is 15.5. The Morgan fingerprint density at radius 3 is 2.26 bits per heavy atom. The van der Waals surface area contributed by atoms with E-state index in [2.05, 4.69) is 10.2 Å². The SMILES string of the molecule is O=C(N[C@@H](c1ccccc1)c1cccc(OC(=O)c2cccc(CN3CCS[C@]3(C(=O)O)[C@@H](Cc3c(Cl)c[n+]([O-])cc3Cl)c3ccc(OC(F)F)c(OCC4CC4)c3)c2)c1)O[C@H]1CN2CCC1CC2.O=CO. The largest absolute Gasteiger partial charge is 0.619 e. The van der Waals surface area contributed by atoms with Crippen molar-refractivity contribution in [3.05, 3.63) is 158 Å². The zero-order valence-corrected chi connectivity index (χ0v) is 41.1. The molecule has 1 aliphatic carbocycles. The van der Waals surface area contributed by atoms with Gasteiger partial charge in [-0.2, -0.15) is 13.5 Å². The molecule has 0 radical (unpaired) electrons. The highest BCUT2D eigenvalue weighted by Gasteiger charge is 2.55. The molecule has 0 unspecified atom stereocenters. The second-order valence-corrected chi connectivity index (χ2v) is 20.1. The van der Waals surface area contributed by atoms with Gasteiger partial charge in [0.05, 0.1) is 18.2 Å². The molecule has 1 amide bonds.